The molecule has 4 heterocycles. The number of aromatic nitrogens is 1. The molecule has 2 aromatic rings. The van der Waals surface area contributed by atoms with Gasteiger partial charge in [-0.15, -0.1) is 0 Å². The number of aryl methyl sites for hydroxylation is 1. The maximum Gasteiger partial charge on any atom is 0.271 e. The fourth-order valence-electron chi connectivity index (χ4n) is 5.89. The summed E-state index contributed by atoms with van der Waals surface area (Å²) in [4.78, 5) is 34.2. The van der Waals surface area contributed by atoms with Crippen molar-refractivity contribution in [2.45, 2.75) is 70.5 Å². The van der Waals surface area contributed by atoms with Crippen molar-refractivity contribution in [1.82, 2.24) is 24.6 Å². The van der Waals surface area contributed by atoms with Crippen molar-refractivity contribution in [1.29, 1.82) is 0 Å². The number of fused-ring (bicyclic) bond motifs is 3. The molecule has 1 aliphatic carbocycles. The Labute approximate surface area is 202 Å². The number of carbonyl (C=O) groups is 2. The van der Waals surface area contributed by atoms with Gasteiger partial charge in [-0.2, -0.15) is 0 Å². The Hall–Kier alpha value is -2.32. The van der Waals surface area contributed by atoms with Crippen LogP contribution in [-0.2, 0) is 11.3 Å². The van der Waals surface area contributed by atoms with Gasteiger partial charge in [-0.3, -0.25) is 14.5 Å². The van der Waals surface area contributed by atoms with Crippen LogP contribution in [0.4, 0.5) is 0 Å². The molecule has 186 valence electrons. The van der Waals surface area contributed by atoms with E-state index in [0.29, 0.717) is 24.4 Å². The standard InChI is InChI=1S/C26H39N5O3/c1-19-16-21-23(34-19)17-22-24(32)31(15-14-29-12-10-28(3)11-13-29)26(2,18-30(21)22)25(33)27-20-8-6-4-5-7-9-20/h16-17,20H,4-15,18H2,1-3H3,(H,27,33). The Kier molecular flexibility index (Phi) is 6.46. The van der Waals surface area contributed by atoms with E-state index < -0.39 is 5.54 Å². The fourth-order valence-corrected chi connectivity index (χ4v) is 5.89. The van der Waals surface area contributed by atoms with Gasteiger partial charge in [0, 0.05) is 57.4 Å². The summed E-state index contributed by atoms with van der Waals surface area (Å²) in [7, 11) is 2.14. The largest absolute Gasteiger partial charge is 0.460 e. The summed E-state index contributed by atoms with van der Waals surface area (Å²) >= 11 is 0. The van der Waals surface area contributed by atoms with E-state index in [1.807, 2.05) is 35.4 Å². The first-order valence-corrected chi connectivity index (χ1v) is 13.0. The van der Waals surface area contributed by atoms with Gasteiger partial charge in [-0.25, -0.2) is 0 Å². The molecule has 34 heavy (non-hydrogen) atoms. The van der Waals surface area contributed by atoms with Gasteiger partial charge in [0.15, 0.2) is 5.58 Å². The van der Waals surface area contributed by atoms with Crippen molar-refractivity contribution in [3.8, 4) is 0 Å². The fraction of sp³-hybridized carbons (Fsp3) is 0.692. The number of furan rings is 1. The van der Waals surface area contributed by atoms with E-state index >= 15 is 0 Å². The molecule has 1 saturated carbocycles. The number of nitrogens with zero attached hydrogens (tertiary/aromatic N) is 4. The highest BCUT2D eigenvalue weighted by atomic mass is 16.3. The number of likely N-dealkylation sites (N-methyl/N-ethyl adjacent to an activating group) is 1. The third-order valence-corrected chi connectivity index (χ3v) is 8.15. The molecule has 0 aromatic carbocycles. The van der Waals surface area contributed by atoms with Crippen molar-refractivity contribution in [3.05, 3.63) is 23.6 Å². The van der Waals surface area contributed by atoms with Crippen LogP contribution in [0.2, 0.25) is 0 Å². The van der Waals surface area contributed by atoms with E-state index in [9.17, 15) is 9.59 Å². The third-order valence-electron chi connectivity index (χ3n) is 8.15. The number of rotatable bonds is 5. The van der Waals surface area contributed by atoms with E-state index in [0.717, 1.165) is 69.7 Å². The van der Waals surface area contributed by atoms with Crippen LogP contribution in [0, 0.1) is 6.92 Å². The Balaban J connectivity index is 1.42. The molecule has 0 radical (unpaired) electrons. The Morgan fingerprint density at radius 3 is 2.50 bits per heavy atom. The maximum absolute atomic E-state index is 13.9. The van der Waals surface area contributed by atoms with Gasteiger partial charge in [0.25, 0.3) is 5.91 Å². The van der Waals surface area contributed by atoms with Crippen LogP contribution < -0.4 is 5.32 Å². The molecule has 2 fully saturated rings. The second kappa shape index (κ2) is 9.38. The van der Waals surface area contributed by atoms with Crippen molar-refractivity contribution in [2.75, 3.05) is 46.3 Å². The van der Waals surface area contributed by atoms with Crippen molar-refractivity contribution >= 4 is 22.9 Å². The predicted octanol–water partition coefficient (Wildman–Crippen LogP) is 2.84. The lowest BCUT2D eigenvalue weighted by Gasteiger charge is -2.45. The number of amides is 2. The lowest BCUT2D eigenvalue weighted by molar-refractivity contribution is -0.133. The smallest absolute Gasteiger partial charge is 0.271 e. The number of carbonyl (C=O) groups excluding carboxylic acids is 2. The summed E-state index contributed by atoms with van der Waals surface area (Å²) in [6, 6.07) is 4.01. The van der Waals surface area contributed by atoms with Gasteiger partial charge in [-0.05, 0) is 33.7 Å². The molecule has 2 amide bonds. The molecule has 2 aromatic heterocycles. The van der Waals surface area contributed by atoms with E-state index in [2.05, 4.69) is 22.2 Å². The lowest BCUT2D eigenvalue weighted by atomic mass is 9.93. The van der Waals surface area contributed by atoms with Gasteiger partial charge in [0.1, 0.15) is 17.0 Å². The summed E-state index contributed by atoms with van der Waals surface area (Å²) in [5.41, 5.74) is 1.29. The summed E-state index contributed by atoms with van der Waals surface area (Å²) in [6.45, 7) is 9.68. The highest BCUT2D eigenvalue weighted by molar-refractivity contribution is 6.03. The maximum atomic E-state index is 13.9. The van der Waals surface area contributed by atoms with Crippen LogP contribution in [0.1, 0.15) is 61.7 Å². The van der Waals surface area contributed by atoms with Gasteiger partial charge < -0.3 is 24.1 Å². The van der Waals surface area contributed by atoms with Gasteiger partial charge in [0.2, 0.25) is 5.91 Å². The van der Waals surface area contributed by atoms with Crippen molar-refractivity contribution in [3.63, 3.8) is 0 Å². The molecule has 5 rings (SSSR count). The van der Waals surface area contributed by atoms with Crippen LogP contribution in [0.5, 0.6) is 0 Å². The zero-order valence-corrected chi connectivity index (χ0v) is 20.9. The van der Waals surface area contributed by atoms with Gasteiger partial charge in [-0.1, -0.05) is 25.7 Å². The molecule has 1 N–H and O–H groups in total. The molecule has 3 aliphatic rings. The molecule has 0 bridgehead atoms. The number of nitrogens with one attached hydrogen (secondary N) is 1. The average Bonchev–Trinajstić information content (AvgIpc) is 3.20. The van der Waals surface area contributed by atoms with Gasteiger partial charge >= 0.3 is 0 Å². The monoisotopic (exact) mass is 469 g/mol. The first-order chi connectivity index (χ1) is 16.3. The molecule has 1 saturated heterocycles. The zero-order valence-electron chi connectivity index (χ0n) is 20.9. The molecule has 1 atom stereocenters. The van der Waals surface area contributed by atoms with Crippen LogP contribution in [0.25, 0.3) is 11.1 Å². The minimum absolute atomic E-state index is 0.0288. The minimum Gasteiger partial charge on any atom is -0.460 e. The second-order valence-electron chi connectivity index (χ2n) is 10.8. The van der Waals surface area contributed by atoms with Crippen molar-refractivity contribution < 1.29 is 14.0 Å². The normalized spacial score (nSPS) is 25.5. The Morgan fingerprint density at radius 2 is 1.79 bits per heavy atom. The molecule has 8 heteroatoms. The lowest BCUT2D eigenvalue weighted by Crippen LogP contribution is -2.66. The highest BCUT2D eigenvalue weighted by Gasteiger charge is 2.48. The van der Waals surface area contributed by atoms with Crippen LogP contribution in [0.15, 0.2) is 16.5 Å². The van der Waals surface area contributed by atoms with E-state index in [1.165, 1.54) is 12.8 Å². The summed E-state index contributed by atoms with van der Waals surface area (Å²) in [5, 5.41) is 3.35. The first kappa shape index (κ1) is 23.4. The van der Waals surface area contributed by atoms with E-state index in [1.54, 1.807) is 0 Å². The predicted molar refractivity (Wildman–Crippen MR) is 132 cm³/mol. The molecule has 1 unspecified atom stereocenters. The quantitative estimate of drug-likeness (QED) is 0.682. The van der Waals surface area contributed by atoms with Crippen LogP contribution >= 0.6 is 0 Å². The summed E-state index contributed by atoms with van der Waals surface area (Å²) < 4.78 is 7.82. The molecule has 2 aliphatic heterocycles. The molecule has 8 nitrogen and oxygen atoms in total. The Bertz CT molecular complexity index is 1040. The van der Waals surface area contributed by atoms with Crippen LogP contribution in [0.3, 0.4) is 0 Å². The second-order valence-corrected chi connectivity index (χ2v) is 10.8. The van der Waals surface area contributed by atoms with Crippen LogP contribution in [-0.4, -0.2) is 89.0 Å². The summed E-state index contributed by atoms with van der Waals surface area (Å²) in [5.74, 6) is 0.705. The topological polar surface area (TPSA) is 74.0 Å². The van der Waals surface area contributed by atoms with E-state index in [4.69, 9.17) is 4.42 Å². The molecule has 0 spiro atoms. The number of hydrogen-bond donors (Lipinski definition) is 1. The molecular weight excluding hydrogens is 430 g/mol. The number of piperazine rings is 1. The van der Waals surface area contributed by atoms with Crippen molar-refractivity contribution in [2.24, 2.45) is 0 Å². The number of hydrogen-bond acceptors (Lipinski definition) is 5. The highest BCUT2D eigenvalue weighted by Crippen LogP contribution is 2.34. The summed E-state index contributed by atoms with van der Waals surface area (Å²) in [6.07, 6.45) is 6.84. The average molecular weight is 470 g/mol. The van der Waals surface area contributed by atoms with Gasteiger partial charge in [0.05, 0.1) is 12.1 Å². The first-order valence-electron chi connectivity index (χ1n) is 13.0. The Morgan fingerprint density at radius 1 is 1.09 bits per heavy atom. The SMILES string of the molecule is Cc1cc2c(cc3n2CC(C)(C(=O)NC2CCCCCC2)N(CCN2CCN(C)CC2)C3=O)o1. The zero-order chi connectivity index (χ0) is 23.9. The minimum atomic E-state index is -0.944. The molecular formula is C26H39N5O3. The van der Waals surface area contributed by atoms with E-state index in [-0.39, 0.29) is 17.9 Å². The third kappa shape index (κ3) is 4.38.